The van der Waals surface area contributed by atoms with Crippen LogP contribution in [-0.2, 0) is 0 Å². The van der Waals surface area contributed by atoms with Crippen molar-refractivity contribution in [3.05, 3.63) is 45.7 Å². The highest BCUT2D eigenvalue weighted by atomic mass is 79.9. The standard InChI is InChI=1S/C10H8BrClFNO/c1-6(12)5-14-10(15)8-3-2-7(11)4-9(8)13/h2-4H,1,5H2,(H,14,15). The molecular weight excluding hydrogens is 284 g/mol. The number of halogens is 3. The number of benzene rings is 1. The van der Waals surface area contributed by atoms with E-state index in [0.29, 0.717) is 9.51 Å². The Hall–Kier alpha value is -0.870. The molecule has 0 aliphatic heterocycles. The molecule has 0 fully saturated rings. The van der Waals surface area contributed by atoms with Gasteiger partial charge in [0.1, 0.15) is 5.82 Å². The van der Waals surface area contributed by atoms with Crippen molar-refractivity contribution in [3.8, 4) is 0 Å². The van der Waals surface area contributed by atoms with E-state index in [1.165, 1.54) is 12.1 Å². The molecular formula is C10H8BrClFNO. The third-order valence-corrected chi connectivity index (χ3v) is 2.24. The first-order chi connectivity index (χ1) is 7.00. The molecule has 5 heteroatoms. The predicted octanol–water partition coefficient (Wildman–Crippen LogP) is 3.07. The number of carbonyl (C=O) groups excluding carboxylic acids is 1. The van der Waals surface area contributed by atoms with E-state index in [4.69, 9.17) is 11.6 Å². The van der Waals surface area contributed by atoms with Crippen LogP contribution in [0.4, 0.5) is 4.39 Å². The second-order valence-electron chi connectivity index (χ2n) is 2.82. The van der Waals surface area contributed by atoms with E-state index in [0.717, 1.165) is 0 Å². The van der Waals surface area contributed by atoms with Gasteiger partial charge in [0.25, 0.3) is 5.91 Å². The van der Waals surface area contributed by atoms with Crippen molar-refractivity contribution < 1.29 is 9.18 Å². The lowest BCUT2D eigenvalue weighted by Gasteiger charge is -2.04. The number of nitrogens with one attached hydrogen (secondary N) is 1. The van der Waals surface area contributed by atoms with Crippen molar-refractivity contribution >= 4 is 33.4 Å². The largest absolute Gasteiger partial charge is 0.347 e. The monoisotopic (exact) mass is 291 g/mol. The highest BCUT2D eigenvalue weighted by Crippen LogP contribution is 2.15. The molecule has 0 unspecified atom stereocenters. The summed E-state index contributed by atoms with van der Waals surface area (Å²) in [6.45, 7) is 3.53. The maximum Gasteiger partial charge on any atom is 0.254 e. The summed E-state index contributed by atoms with van der Waals surface area (Å²) in [5.74, 6) is -1.09. The molecule has 0 aliphatic carbocycles. The van der Waals surface area contributed by atoms with Crippen molar-refractivity contribution in [2.24, 2.45) is 0 Å². The highest BCUT2D eigenvalue weighted by molar-refractivity contribution is 9.10. The molecule has 0 spiro atoms. The van der Waals surface area contributed by atoms with Crippen LogP contribution in [0.3, 0.4) is 0 Å². The molecule has 1 rings (SSSR count). The minimum Gasteiger partial charge on any atom is -0.347 e. The zero-order chi connectivity index (χ0) is 11.4. The van der Waals surface area contributed by atoms with Gasteiger partial charge >= 0.3 is 0 Å². The molecule has 1 amide bonds. The van der Waals surface area contributed by atoms with Crippen LogP contribution in [0.1, 0.15) is 10.4 Å². The summed E-state index contributed by atoms with van der Waals surface area (Å²) in [5, 5.41) is 2.73. The summed E-state index contributed by atoms with van der Waals surface area (Å²) in [6, 6.07) is 4.21. The Labute approximate surface area is 100 Å². The van der Waals surface area contributed by atoms with Crippen molar-refractivity contribution in [1.29, 1.82) is 0 Å². The smallest absolute Gasteiger partial charge is 0.254 e. The van der Waals surface area contributed by atoms with E-state index in [2.05, 4.69) is 27.8 Å². The first kappa shape index (κ1) is 12.2. The quantitative estimate of drug-likeness (QED) is 0.911. The first-order valence-electron chi connectivity index (χ1n) is 4.07. The predicted molar refractivity (Wildman–Crippen MR) is 61.4 cm³/mol. The van der Waals surface area contributed by atoms with Crippen LogP contribution in [-0.4, -0.2) is 12.5 Å². The average Bonchev–Trinajstić information content (AvgIpc) is 2.14. The lowest BCUT2D eigenvalue weighted by molar-refractivity contribution is 0.0953. The Morgan fingerprint density at radius 1 is 1.60 bits per heavy atom. The van der Waals surface area contributed by atoms with E-state index < -0.39 is 11.7 Å². The minimum atomic E-state index is -0.581. The Morgan fingerprint density at radius 2 is 2.27 bits per heavy atom. The molecule has 0 heterocycles. The molecule has 0 bridgehead atoms. The van der Waals surface area contributed by atoms with E-state index in [-0.39, 0.29) is 12.1 Å². The summed E-state index contributed by atoms with van der Waals surface area (Å²) in [5.41, 5.74) is -0.0175. The molecule has 0 atom stereocenters. The molecule has 1 aromatic carbocycles. The second-order valence-corrected chi connectivity index (χ2v) is 4.27. The summed E-state index contributed by atoms with van der Waals surface area (Å²) < 4.78 is 13.9. The molecule has 80 valence electrons. The van der Waals surface area contributed by atoms with E-state index in [1.807, 2.05) is 0 Å². The van der Waals surface area contributed by atoms with Crippen LogP contribution >= 0.6 is 27.5 Å². The topological polar surface area (TPSA) is 29.1 Å². The number of amides is 1. The second kappa shape index (κ2) is 5.28. The van der Waals surface area contributed by atoms with E-state index >= 15 is 0 Å². The zero-order valence-corrected chi connectivity index (χ0v) is 10.0. The van der Waals surface area contributed by atoms with Gasteiger partial charge in [-0.1, -0.05) is 34.1 Å². The van der Waals surface area contributed by atoms with Crippen molar-refractivity contribution in [2.45, 2.75) is 0 Å². The average molecular weight is 293 g/mol. The van der Waals surface area contributed by atoms with Gasteiger partial charge in [-0.15, -0.1) is 0 Å². The van der Waals surface area contributed by atoms with Crippen LogP contribution in [0.15, 0.2) is 34.3 Å². The van der Waals surface area contributed by atoms with Gasteiger partial charge in [0.05, 0.1) is 12.1 Å². The van der Waals surface area contributed by atoms with Crippen molar-refractivity contribution in [2.75, 3.05) is 6.54 Å². The molecule has 0 radical (unpaired) electrons. The van der Waals surface area contributed by atoms with Gasteiger partial charge in [-0.25, -0.2) is 4.39 Å². The molecule has 0 aromatic heterocycles. The minimum absolute atomic E-state index is 0.0175. The van der Waals surface area contributed by atoms with Crippen molar-refractivity contribution in [3.63, 3.8) is 0 Å². The lowest BCUT2D eigenvalue weighted by atomic mass is 10.2. The van der Waals surface area contributed by atoms with Crippen LogP contribution in [0.5, 0.6) is 0 Å². The third-order valence-electron chi connectivity index (χ3n) is 1.62. The van der Waals surface area contributed by atoms with Crippen LogP contribution in [0, 0.1) is 5.82 Å². The maximum atomic E-state index is 13.3. The van der Waals surface area contributed by atoms with Gasteiger partial charge in [-0.3, -0.25) is 4.79 Å². The maximum absolute atomic E-state index is 13.3. The Balaban J connectivity index is 2.78. The number of hydrogen-bond acceptors (Lipinski definition) is 1. The summed E-state index contributed by atoms with van der Waals surface area (Å²) in [7, 11) is 0. The lowest BCUT2D eigenvalue weighted by Crippen LogP contribution is -2.25. The summed E-state index contributed by atoms with van der Waals surface area (Å²) in [4.78, 5) is 11.4. The molecule has 2 nitrogen and oxygen atoms in total. The fourth-order valence-electron chi connectivity index (χ4n) is 0.945. The molecule has 1 N–H and O–H groups in total. The molecule has 0 saturated heterocycles. The summed E-state index contributed by atoms with van der Waals surface area (Å²) >= 11 is 8.56. The van der Waals surface area contributed by atoms with Gasteiger partial charge in [-0.05, 0) is 18.2 Å². The van der Waals surface area contributed by atoms with Crippen molar-refractivity contribution in [1.82, 2.24) is 5.32 Å². The Bertz CT molecular complexity index is 408. The first-order valence-corrected chi connectivity index (χ1v) is 5.24. The Morgan fingerprint density at radius 3 is 2.80 bits per heavy atom. The zero-order valence-electron chi connectivity index (χ0n) is 7.69. The van der Waals surface area contributed by atoms with Crippen LogP contribution in [0.25, 0.3) is 0 Å². The normalized spacial score (nSPS) is 9.80. The molecule has 1 aromatic rings. The van der Waals surface area contributed by atoms with Gasteiger partial charge in [0, 0.05) is 9.51 Å². The molecule has 0 saturated carbocycles. The van der Waals surface area contributed by atoms with Gasteiger partial charge < -0.3 is 5.32 Å². The van der Waals surface area contributed by atoms with E-state index in [9.17, 15) is 9.18 Å². The molecule has 15 heavy (non-hydrogen) atoms. The Kier molecular flexibility index (Phi) is 4.29. The summed E-state index contributed by atoms with van der Waals surface area (Å²) in [6.07, 6.45) is 0. The number of hydrogen-bond donors (Lipinski definition) is 1. The van der Waals surface area contributed by atoms with Gasteiger partial charge in [-0.2, -0.15) is 0 Å². The third kappa shape index (κ3) is 3.64. The van der Waals surface area contributed by atoms with Gasteiger partial charge in [0.2, 0.25) is 0 Å². The fourth-order valence-corrected chi connectivity index (χ4v) is 1.34. The van der Waals surface area contributed by atoms with Crippen LogP contribution < -0.4 is 5.32 Å². The fraction of sp³-hybridized carbons (Fsp3) is 0.100. The highest BCUT2D eigenvalue weighted by Gasteiger charge is 2.11. The van der Waals surface area contributed by atoms with Gasteiger partial charge in [0.15, 0.2) is 0 Å². The van der Waals surface area contributed by atoms with Crippen LogP contribution in [0.2, 0.25) is 0 Å². The molecule has 0 aliphatic rings. The number of rotatable bonds is 3. The van der Waals surface area contributed by atoms with E-state index in [1.54, 1.807) is 6.07 Å². The SMILES string of the molecule is C=C(Cl)CNC(=O)c1ccc(Br)cc1F. The number of carbonyl (C=O) groups is 1.